The SMILES string of the molecule is O=C(O)CNc1c([N+](=O)[O-])cc([N+](=O)[O-])cc1C(F)(F)F. The Kier molecular flexibility index (Phi) is 4.30. The lowest BCUT2D eigenvalue weighted by molar-refractivity contribution is -0.394. The van der Waals surface area contributed by atoms with E-state index in [0.717, 1.165) is 0 Å². The number of carboxylic acids is 1. The van der Waals surface area contributed by atoms with E-state index in [-0.39, 0.29) is 6.07 Å². The highest BCUT2D eigenvalue weighted by Crippen LogP contribution is 2.42. The van der Waals surface area contributed by atoms with Gasteiger partial charge in [0.05, 0.1) is 21.5 Å². The minimum atomic E-state index is -5.14. The molecule has 1 rings (SSSR count). The lowest BCUT2D eigenvalue weighted by atomic mass is 10.1. The Balaban J connectivity index is 3.58. The second-order valence-corrected chi connectivity index (χ2v) is 3.65. The van der Waals surface area contributed by atoms with Crippen LogP contribution in [0.3, 0.4) is 0 Å². The lowest BCUT2D eigenvalue weighted by Crippen LogP contribution is -2.18. The highest BCUT2D eigenvalue weighted by Gasteiger charge is 2.39. The summed E-state index contributed by atoms with van der Waals surface area (Å²) in [6.45, 7) is -1.03. The number of non-ortho nitro benzene ring substituents is 1. The van der Waals surface area contributed by atoms with Crippen LogP contribution in [0.2, 0.25) is 0 Å². The molecule has 0 radical (unpaired) electrons. The zero-order valence-electron chi connectivity index (χ0n) is 9.88. The molecular formula is C9H6F3N3O6. The number of carbonyl (C=O) groups is 1. The Morgan fingerprint density at radius 3 is 2.19 bits per heavy atom. The van der Waals surface area contributed by atoms with Crippen LogP contribution >= 0.6 is 0 Å². The maximum Gasteiger partial charge on any atom is 0.418 e. The van der Waals surface area contributed by atoms with E-state index in [1.807, 2.05) is 0 Å². The summed E-state index contributed by atoms with van der Waals surface area (Å²) in [6.07, 6.45) is -5.14. The lowest BCUT2D eigenvalue weighted by Gasteiger charge is -2.13. The summed E-state index contributed by atoms with van der Waals surface area (Å²) >= 11 is 0. The first kappa shape index (κ1) is 16.1. The second-order valence-electron chi connectivity index (χ2n) is 3.65. The van der Waals surface area contributed by atoms with Crippen LogP contribution in [0.25, 0.3) is 0 Å². The number of nitro benzene ring substituents is 2. The van der Waals surface area contributed by atoms with Gasteiger partial charge in [0.15, 0.2) is 0 Å². The average Bonchev–Trinajstić information content (AvgIpc) is 2.33. The highest BCUT2D eigenvalue weighted by atomic mass is 19.4. The summed E-state index contributed by atoms with van der Waals surface area (Å²) in [5.74, 6) is -1.56. The number of nitro groups is 2. The number of hydrogen-bond acceptors (Lipinski definition) is 6. The van der Waals surface area contributed by atoms with E-state index in [0.29, 0.717) is 6.07 Å². The van der Waals surface area contributed by atoms with Crippen molar-refractivity contribution in [3.63, 3.8) is 0 Å². The molecule has 2 N–H and O–H groups in total. The smallest absolute Gasteiger partial charge is 0.418 e. The molecule has 9 nitrogen and oxygen atoms in total. The van der Waals surface area contributed by atoms with Gasteiger partial charge in [-0.3, -0.25) is 25.0 Å². The molecule has 21 heavy (non-hydrogen) atoms. The molecule has 0 aliphatic carbocycles. The van der Waals surface area contributed by atoms with Gasteiger partial charge in [0.2, 0.25) is 0 Å². The number of halogens is 3. The normalized spacial score (nSPS) is 11.0. The van der Waals surface area contributed by atoms with E-state index in [2.05, 4.69) is 0 Å². The van der Waals surface area contributed by atoms with E-state index >= 15 is 0 Å². The zero-order valence-corrected chi connectivity index (χ0v) is 9.88. The third kappa shape index (κ3) is 3.77. The number of rotatable bonds is 5. The number of hydrogen-bond donors (Lipinski definition) is 2. The molecule has 0 heterocycles. The van der Waals surface area contributed by atoms with E-state index < -0.39 is 51.2 Å². The van der Waals surface area contributed by atoms with Crippen molar-refractivity contribution >= 4 is 23.0 Å². The van der Waals surface area contributed by atoms with Crippen molar-refractivity contribution in [1.29, 1.82) is 0 Å². The Morgan fingerprint density at radius 2 is 1.81 bits per heavy atom. The van der Waals surface area contributed by atoms with Crippen LogP contribution in [0.1, 0.15) is 5.56 Å². The third-order valence-electron chi connectivity index (χ3n) is 2.23. The number of anilines is 1. The Labute approximate surface area is 113 Å². The molecule has 0 fully saturated rings. The topological polar surface area (TPSA) is 136 Å². The first-order valence-electron chi connectivity index (χ1n) is 5.03. The van der Waals surface area contributed by atoms with Gasteiger partial charge in [0, 0.05) is 6.07 Å². The molecule has 0 amide bonds. The number of nitrogens with one attached hydrogen (secondary N) is 1. The summed E-state index contributed by atoms with van der Waals surface area (Å²) in [5, 5.41) is 31.5. The summed E-state index contributed by atoms with van der Waals surface area (Å²) in [6, 6.07) is 0.413. The van der Waals surface area contributed by atoms with Gasteiger partial charge in [-0.25, -0.2) is 0 Å². The fourth-order valence-electron chi connectivity index (χ4n) is 1.43. The van der Waals surface area contributed by atoms with Crippen molar-refractivity contribution < 1.29 is 32.9 Å². The number of carboxylic acid groups (broad SMARTS) is 1. The molecule has 0 atom stereocenters. The summed E-state index contributed by atoms with van der Waals surface area (Å²) in [5.41, 5.74) is -5.20. The average molecular weight is 309 g/mol. The molecule has 0 saturated heterocycles. The van der Waals surface area contributed by atoms with Crippen LogP contribution in [0.5, 0.6) is 0 Å². The van der Waals surface area contributed by atoms with Crippen molar-refractivity contribution in [1.82, 2.24) is 0 Å². The Morgan fingerprint density at radius 1 is 1.24 bits per heavy atom. The standard InChI is InChI=1S/C9H6F3N3O6/c10-9(11,12)5-1-4(14(18)19)2-6(15(20)21)8(5)13-3-7(16)17/h1-2,13H,3H2,(H,16,17). The van der Waals surface area contributed by atoms with Gasteiger partial charge in [-0.2, -0.15) is 13.2 Å². The molecule has 1 aromatic rings. The van der Waals surface area contributed by atoms with Crippen molar-refractivity contribution in [2.24, 2.45) is 0 Å². The second kappa shape index (κ2) is 5.60. The van der Waals surface area contributed by atoms with Gasteiger partial charge in [-0.15, -0.1) is 0 Å². The van der Waals surface area contributed by atoms with E-state index in [1.54, 1.807) is 5.32 Å². The largest absolute Gasteiger partial charge is 0.480 e. The molecule has 114 valence electrons. The van der Waals surface area contributed by atoms with Gasteiger partial charge >= 0.3 is 12.1 Å². The predicted molar refractivity (Wildman–Crippen MR) is 60.9 cm³/mol. The number of nitrogens with zero attached hydrogens (tertiary/aromatic N) is 2. The molecule has 1 aromatic carbocycles. The quantitative estimate of drug-likeness (QED) is 0.627. The van der Waals surface area contributed by atoms with Crippen LogP contribution < -0.4 is 5.32 Å². The van der Waals surface area contributed by atoms with Gasteiger partial charge in [0.1, 0.15) is 12.2 Å². The Bertz CT molecular complexity index is 615. The van der Waals surface area contributed by atoms with Crippen molar-refractivity contribution in [3.8, 4) is 0 Å². The van der Waals surface area contributed by atoms with Crippen LogP contribution in [-0.2, 0) is 11.0 Å². The van der Waals surface area contributed by atoms with E-state index in [4.69, 9.17) is 5.11 Å². The number of alkyl halides is 3. The van der Waals surface area contributed by atoms with Gasteiger partial charge in [-0.05, 0) is 0 Å². The van der Waals surface area contributed by atoms with Crippen LogP contribution in [0.4, 0.5) is 30.2 Å². The zero-order chi connectivity index (χ0) is 16.4. The van der Waals surface area contributed by atoms with Gasteiger partial charge in [0.25, 0.3) is 11.4 Å². The molecule has 0 spiro atoms. The predicted octanol–water partition coefficient (Wildman–Crippen LogP) is 2.02. The number of benzene rings is 1. The minimum absolute atomic E-state index is 0.0944. The fourth-order valence-corrected chi connectivity index (χ4v) is 1.43. The van der Waals surface area contributed by atoms with Crippen LogP contribution in [0.15, 0.2) is 12.1 Å². The monoisotopic (exact) mass is 309 g/mol. The van der Waals surface area contributed by atoms with E-state index in [1.165, 1.54) is 0 Å². The molecule has 0 unspecified atom stereocenters. The molecule has 0 aliphatic heterocycles. The van der Waals surface area contributed by atoms with Crippen molar-refractivity contribution in [2.45, 2.75) is 6.18 Å². The highest BCUT2D eigenvalue weighted by molar-refractivity contribution is 5.77. The molecule has 0 aromatic heterocycles. The maximum absolute atomic E-state index is 12.8. The molecule has 0 saturated carbocycles. The van der Waals surface area contributed by atoms with Crippen molar-refractivity contribution in [2.75, 3.05) is 11.9 Å². The number of aliphatic carboxylic acids is 1. The Hall–Kier alpha value is -2.92. The molecule has 12 heteroatoms. The molecular weight excluding hydrogens is 303 g/mol. The van der Waals surface area contributed by atoms with Crippen molar-refractivity contribution in [3.05, 3.63) is 37.9 Å². The first-order valence-corrected chi connectivity index (χ1v) is 5.03. The maximum atomic E-state index is 12.8. The van der Waals surface area contributed by atoms with Gasteiger partial charge < -0.3 is 10.4 Å². The first-order chi connectivity index (χ1) is 9.54. The van der Waals surface area contributed by atoms with Crippen LogP contribution in [-0.4, -0.2) is 27.5 Å². The third-order valence-corrected chi connectivity index (χ3v) is 2.23. The summed E-state index contributed by atoms with van der Waals surface area (Å²) < 4.78 is 38.5. The fraction of sp³-hybridized carbons (Fsp3) is 0.222. The van der Waals surface area contributed by atoms with Gasteiger partial charge in [-0.1, -0.05) is 0 Å². The summed E-state index contributed by atoms with van der Waals surface area (Å²) in [7, 11) is 0. The molecule has 0 bridgehead atoms. The van der Waals surface area contributed by atoms with Crippen LogP contribution in [0, 0.1) is 20.2 Å². The summed E-state index contributed by atoms with van der Waals surface area (Å²) in [4.78, 5) is 29.2. The minimum Gasteiger partial charge on any atom is -0.480 e. The molecule has 0 aliphatic rings. The van der Waals surface area contributed by atoms with E-state index in [9.17, 15) is 38.2 Å².